The van der Waals surface area contributed by atoms with E-state index in [1.165, 1.54) is 14.2 Å². The van der Waals surface area contributed by atoms with Gasteiger partial charge in [0, 0.05) is 6.08 Å². The number of alkyl halides is 2. The van der Waals surface area contributed by atoms with E-state index < -0.39 is 11.8 Å². The van der Waals surface area contributed by atoms with Crippen molar-refractivity contribution in [3.8, 4) is 0 Å². The zero-order chi connectivity index (χ0) is 10.8. The fraction of sp³-hybridized carbons (Fsp3) is 0.444. The third-order valence-electron chi connectivity index (χ3n) is 1.93. The summed E-state index contributed by atoms with van der Waals surface area (Å²) in [6.45, 7) is 0. The second kappa shape index (κ2) is 3.77. The molecule has 0 bridgehead atoms. The molecule has 0 aromatic carbocycles. The third kappa shape index (κ3) is 1.76. The number of carbonyl (C=O) groups is 1. The summed E-state index contributed by atoms with van der Waals surface area (Å²) in [5, 5.41) is 0. The van der Waals surface area contributed by atoms with Gasteiger partial charge in [0.15, 0.2) is 11.5 Å². The summed E-state index contributed by atoms with van der Waals surface area (Å²) in [7, 11) is 2.58. The molecule has 0 aromatic rings. The van der Waals surface area contributed by atoms with Crippen LogP contribution in [0.4, 0.5) is 8.78 Å². The van der Waals surface area contributed by atoms with Crippen LogP contribution in [0.25, 0.3) is 0 Å². The molecule has 14 heavy (non-hydrogen) atoms. The predicted molar refractivity (Wildman–Crippen MR) is 44.7 cm³/mol. The largest absolute Gasteiger partial charge is 0.493 e. The summed E-state index contributed by atoms with van der Waals surface area (Å²) >= 11 is 0. The maximum absolute atomic E-state index is 13.1. The molecule has 0 radical (unpaired) electrons. The van der Waals surface area contributed by atoms with Crippen LogP contribution in [0.5, 0.6) is 0 Å². The van der Waals surface area contributed by atoms with Crippen molar-refractivity contribution in [2.24, 2.45) is 5.92 Å². The average Bonchev–Trinajstić information content (AvgIpc) is 2.16. The Kier molecular flexibility index (Phi) is 2.88. The van der Waals surface area contributed by atoms with Crippen LogP contribution in [0.1, 0.15) is 0 Å². The number of ether oxygens (including phenoxy) is 2. The van der Waals surface area contributed by atoms with Crippen molar-refractivity contribution >= 4 is 6.29 Å². The van der Waals surface area contributed by atoms with Gasteiger partial charge in [-0.2, -0.15) is 0 Å². The Morgan fingerprint density at radius 3 is 2.36 bits per heavy atom. The van der Waals surface area contributed by atoms with Crippen LogP contribution < -0.4 is 0 Å². The number of aldehydes is 1. The van der Waals surface area contributed by atoms with E-state index in [1.54, 1.807) is 0 Å². The zero-order valence-electron chi connectivity index (χ0n) is 7.79. The normalized spacial score (nSPS) is 24.7. The molecule has 0 fully saturated rings. The summed E-state index contributed by atoms with van der Waals surface area (Å²) in [6, 6.07) is 0. The Bertz CT molecular complexity index is 294. The third-order valence-corrected chi connectivity index (χ3v) is 1.93. The van der Waals surface area contributed by atoms with Crippen LogP contribution in [0, 0.1) is 5.92 Å². The van der Waals surface area contributed by atoms with E-state index in [9.17, 15) is 13.6 Å². The van der Waals surface area contributed by atoms with E-state index in [2.05, 4.69) is 0 Å². The number of methoxy groups -OCH3 is 2. The van der Waals surface area contributed by atoms with E-state index in [1.807, 2.05) is 0 Å². The van der Waals surface area contributed by atoms with E-state index >= 15 is 0 Å². The van der Waals surface area contributed by atoms with Crippen LogP contribution in [0.15, 0.2) is 23.7 Å². The maximum Gasteiger partial charge on any atom is 0.283 e. The van der Waals surface area contributed by atoms with Crippen LogP contribution in [0.2, 0.25) is 0 Å². The Morgan fingerprint density at radius 1 is 1.36 bits per heavy atom. The molecule has 0 N–H and O–H groups in total. The molecule has 1 aliphatic carbocycles. The standard InChI is InChI=1S/C9H10F2O3/c1-13-7-3-6(5-12)9(10,11)4-8(7)14-2/h3-6H,1-2H3. The summed E-state index contributed by atoms with van der Waals surface area (Å²) in [4.78, 5) is 10.4. The van der Waals surface area contributed by atoms with Crippen molar-refractivity contribution in [1.29, 1.82) is 0 Å². The molecule has 0 aromatic heterocycles. The minimum atomic E-state index is -3.21. The highest BCUT2D eigenvalue weighted by Gasteiger charge is 2.41. The summed E-state index contributed by atoms with van der Waals surface area (Å²) in [6.07, 6.45) is 1.82. The molecule has 0 amide bonds. The number of hydrogen-bond acceptors (Lipinski definition) is 3. The predicted octanol–water partition coefficient (Wildman–Crippen LogP) is 1.51. The molecule has 1 aliphatic rings. The lowest BCUT2D eigenvalue weighted by molar-refractivity contribution is -0.117. The average molecular weight is 204 g/mol. The zero-order valence-corrected chi connectivity index (χ0v) is 7.79. The van der Waals surface area contributed by atoms with Gasteiger partial charge in [-0.3, -0.25) is 0 Å². The van der Waals surface area contributed by atoms with Crippen LogP contribution in [0.3, 0.4) is 0 Å². The Hall–Kier alpha value is -1.39. The molecular formula is C9H10F2O3. The van der Waals surface area contributed by atoms with Crippen LogP contribution in [-0.4, -0.2) is 26.4 Å². The topological polar surface area (TPSA) is 35.5 Å². The number of allylic oxidation sites excluding steroid dienone is 2. The Balaban J connectivity index is 3.06. The molecule has 0 aliphatic heterocycles. The molecule has 0 saturated carbocycles. The van der Waals surface area contributed by atoms with Crippen molar-refractivity contribution in [3.05, 3.63) is 23.7 Å². The van der Waals surface area contributed by atoms with E-state index in [-0.39, 0.29) is 17.8 Å². The monoisotopic (exact) mass is 204 g/mol. The lowest BCUT2D eigenvalue weighted by Gasteiger charge is -2.23. The fourth-order valence-electron chi connectivity index (χ4n) is 1.16. The van der Waals surface area contributed by atoms with E-state index in [0.29, 0.717) is 6.08 Å². The van der Waals surface area contributed by atoms with Crippen molar-refractivity contribution in [2.75, 3.05) is 14.2 Å². The molecule has 0 spiro atoms. The molecule has 0 heterocycles. The van der Waals surface area contributed by atoms with Crippen molar-refractivity contribution in [3.63, 3.8) is 0 Å². The van der Waals surface area contributed by atoms with Gasteiger partial charge in [0.05, 0.1) is 14.2 Å². The van der Waals surface area contributed by atoms with Crippen LogP contribution in [-0.2, 0) is 14.3 Å². The number of carbonyl (C=O) groups excluding carboxylic acids is 1. The fourth-order valence-corrected chi connectivity index (χ4v) is 1.16. The highest BCUT2D eigenvalue weighted by atomic mass is 19.3. The highest BCUT2D eigenvalue weighted by Crippen LogP contribution is 2.34. The molecule has 0 saturated heterocycles. The smallest absolute Gasteiger partial charge is 0.283 e. The van der Waals surface area contributed by atoms with Crippen molar-refractivity contribution in [1.82, 2.24) is 0 Å². The number of rotatable bonds is 3. The molecule has 3 nitrogen and oxygen atoms in total. The quantitative estimate of drug-likeness (QED) is 0.653. The lowest BCUT2D eigenvalue weighted by Crippen LogP contribution is -2.30. The van der Waals surface area contributed by atoms with Gasteiger partial charge in [-0.15, -0.1) is 0 Å². The summed E-state index contributed by atoms with van der Waals surface area (Å²) in [5.74, 6) is -4.61. The van der Waals surface area contributed by atoms with Gasteiger partial charge in [0.1, 0.15) is 12.2 Å². The maximum atomic E-state index is 13.1. The number of halogens is 2. The van der Waals surface area contributed by atoms with E-state index in [0.717, 1.165) is 6.08 Å². The van der Waals surface area contributed by atoms with E-state index in [4.69, 9.17) is 9.47 Å². The van der Waals surface area contributed by atoms with Gasteiger partial charge in [-0.05, 0) is 6.08 Å². The summed E-state index contributed by atoms with van der Waals surface area (Å²) in [5.41, 5.74) is 0. The second-order valence-corrected chi connectivity index (χ2v) is 2.78. The van der Waals surface area contributed by atoms with Crippen molar-refractivity contribution < 1.29 is 23.0 Å². The van der Waals surface area contributed by atoms with Crippen molar-refractivity contribution in [2.45, 2.75) is 5.92 Å². The summed E-state index contributed by atoms with van der Waals surface area (Å²) < 4.78 is 35.7. The highest BCUT2D eigenvalue weighted by molar-refractivity contribution is 5.61. The molecule has 78 valence electrons. The molecule has 5 heteroatoms. The first-order valence-electron chi connectivity index (χ1n) is 3.91. The number of hydrogen-bond donors (Lipinski definition) is 0. The van der Waals surface area contributed by atoms with Gasteiger partial charge in [0.2, 0.25) is 0 Å². The minimum absolute atomic E-state index is 0.0596. The van der Waals surface area contributed by atoms with Crippen LogP contribution >= 0.6 is 0 Å². The van der Waals surface area contributed by atoms with Gasteiger partial charge in [-0.1, -0.05) is 0 Å². The van der Waals surface area contributed by atoms with Gasteiger partial charge >= 0.3 is 0 Å². The molecule has 1 rings (SSSR count). The minimum Gasteiger partial charge on any atom is -0.493 e. The van der Waals surface area contributed by atoms with Gasteiger partial charge in [-0.25, -0.2) is 8.78 Å². The Morgan fingerprint density at radius 2 is 1.93 bits per heavy atom. The first kappa shape index (κ1) is 10.7. The first-order valence-corrected chi connectivity index (χ1v) is 3.91. The second-order valence-electron chi connectivity index (χ2n) is 2.78. The van der Waals surface area contributed by atoms with Gasteiger partial charge < -0.3 is 14.3 Å². The van der Waals surface area contributed by atoms with Gasteiger partial charge in [0.25, 0.3) is 5.92 Å². The molecular weight excluding hydrogens is 194 g/mol. The lowest BCUT2D eigenvalue weighted by atomic mass is 9.96. The molecule has 1 unspecified atom stereocenters. The first-order chi connectivity index (χ1) is 6.55. The molecule has 1 atom stereocenters. The SMILES string of the molecule is COC1=CC(C=O)C(F)(F)C=C1OC. The Labute approximate surface area is 80.0 Å².